The number of benzene rings is 1. The monoisotopic (exact) mass is 245 g/mol. The van der Waals surface area contributed by atoms with Gasteiger partial charge in [0, 0.05) is 13.1 Å². The van der Waals surface area contributed by atoms with Crippen LogP contribution in [-0.4, -0.2) is 21.3 Å². The van der Waals surface area contributed by atoms with Crippen LogP contribution >= 0.6 is 0 Å². The van der Waals surface area contributed by atoms with Gasteiger partial charge in [0.15, 0.2) is 5.82 Å². The van der Waals surface area contributed by atoms with Crippen molar-refractivity contribution in [1.82, 2.24) is 14.8 Å². The molecular formula is C13H19N5. The topological polar surface area (TPSA) is 68.8 Å². The molecule has 0 fully saturated rings. The lowest BCUT2D eigenvalue weighted by Crippen LogP contribution is -2.18. The maximum absolute atomic E-state index is 6.25. The highest BCUT2D eigenvalue weighted by Crippen LogP contribution is 2.20. The van der Waals surface area contributed by atoms with Gasteiger partial charge in [-0.2, -0.15) is 0 Å². The van der Waals surface area contributed by atoms with Crippen LogP contribution in [0.5, 0.6) is 0 Å². The highest BCUT2D eigenvalue weighted by atomic mass is 15.4. The fourth-order valence-electron chi connectivity index (χ4n) is 1.96. The average molecular weight is 245 g/mol. The molecule has 0 radical (unpaired) electrons. The van der Waals surface area contributed by atoms with Gasteiger partial charge in [-0.05, 0) is 19.4 Å². The van der Waals surface area contributed by atoms with Gasteiger partial charge in [-0.1, -0.05) is 30.3 Å². The van der Waals surface area contributed by atoms with E-state index in [1.807, 2.05) is 41.8 Å². The van der Waals surface area contributed by atoms with Crippen LogP contribution in [-0.2, 0) is 6.54 Å². The van der Waals surface area contributed by atoms with Gasteiger partial charge in [-0.15, -0.1) is 10.2 Å². The molecule has 5 nitrogen and oxygen atoms in total. The quantitative estimate of drug-likeness (QED) is 0.842. The molecule has 1 aromatic carbocycles. The predicted octanol–water partition coefficient (Wildman–Crippen LogP) is 1.78. The standard InChI is InChI=1S/C13H19N5/c1-3-15-13-17-16-12(18(13)4-2)11(14)10-8-6-5-7-9-10/h5-9,11H,3-4,14H2,1-2H3,(H,15,17)/t11-/m1/s1. The Hall–Kier alpha value is -1.88. The third-order valence-corrected chi connectivity index (χ3v) is 2.87. The van der Waals surface area contributed by atoms with E-state index >= 15 is 0 Å². The van der Waals surface area contributed by atoms with Crippen LogP contribution in [0, 0.1) is 0 Å². The van der Waals surface area contributed by atoms with Crippen molar-refractivity contribution in [3.8, 4) is 0 Å². The van der Waals surface area contributed by atoms with Crippen LogP contribution in [0.4, 0.5) is 5.95 Å². The number of aromatic nitrogens is 3. The Morgan fingerprint density at radius 1 is 1.22 bits per heavy atom. The van der Waals surface area contributed by atoms with Gasteiger partial charge in [0.1, 0.15) is 0 Å². The summed E-state index contributed by atoms with van der Waals surface area (Å²) in [6, 6.07) is 9.70. The zero-order chi connectivity index (χ0) is 13.0. The fourth-order valence-corrected chi connectivity index (χ4v) is 1.96. The second-order valence-electron chi connectivity index (χ2n) is 4.04. The van der Waals surface area contributed by atoms with Crippen LogP contribution in [0.2, 0.25) is 0 Å². The van der Waals surface area contributed by atoms with Crippen molar-refractivity contribution >= 4 is 5.95 Å². The van der Waals surface area contributed by atoms with Crippen LogP contribution in [0.25, 0.3) is 0 Å². The minimum absolute atomic E-state index is 0.244. The van der Waals surface area contributed by atoms with Gasteiger partial charge < -0.3 is 11.1 Å². The van der Waals surface area contributed by atoms with Crippen molar-refractivity contribution in [3.63, 3.8) is 0 Å². The summed E-state index contributed by atoms with van der Waals surface area (Å²) in [5, 5.41) is 11.5. The summed E-state index contributed by atoms with van der Waals surface area (Å²) < 4.78 is 2.02. The molecule has 1 aromatic heterocycles. The zero-order valence-electron chi connectivity index (χ0n) is 10.8. The van der Waals surface area contributed by atoms with Crippen molar-refractivity contribution in [2.45, 2.75) is 26.4 Å². The molecule has 3 N–H and O–H groups in total. The molecule has 2 rings (SSSR count). The summed E-state index contributed by atoms with van der Waals surface area (Å²) >= 11 is 0. The first kappa shape index (κ1) is 12.6. The van der Waals surface area contributed by atoms with Gasteiger partial charge in [-0.3, -0.25) is 4.57 Å². The lowest BCUT2D eigenvalue weighted by molar-refractivity contribution is 0.659. The second kappa shape index (κ2) is 5.64. The number of nitrogens with two attached hydrogens (primary N) is 1. The Morgan fingerprint density at radius 3 is 2.56 bits per heavy atom. The molecule has 5 heteroatoms. The lowest BCUT2D eigenvalue weighted by atomic mass is 10.1. The molecule has 0 saturated carbocycles. The first-order valence-corrected chi connectivity index (χ1v) is 6.25. The molecule has 0 aliphatic rings. The summed E-state index contributed by atoms with van der Waals surface area (Å²) in [5.41, 5.74) is 7.30. The molecule has 0 saturated heterocycles. The van der Waals surface area contributed by atoms with E-state index in [4.69, 9.17) is 5.73 Å². The predicted molar refractivity (Wildman–Crippen MR) is 72.3 cm³/mol. The van der Waals surface area contributed by atoms with Crippen molar-refractivity contribution in [2.24, 2.45) is 5.73 Å². The number of rotatable bonds is 5. The molecule has 0 bridgehead atoms. The minimum atomic E-state index is -0.244. The number of anilines is 1. The van der Waals surface area contributed by atoms with E-state index in [1.165, 1.54) is 0 Å². The Kier molecular flexibility index (Phi) is 3.94. The van der Waals surface area contributed by atoms with E-state index in [-0.39, 0.29) is 6.04 Å². The van der Waals surface area contributed by atoms with Gasteiger partial charge in [-0.25, -0.2) is 0 Å². The summed E-state index contributed by atoms with van der Waals surface area (Å²) in [4.78, 5) is 0. The van der Waals surface area contributed by atoms with Crippen LogP contribution in [0.15, 0.2) is 30.3 Å². The maximum Gasteiger partial charge on any atom is 0.224 e. The first-order chi connectivity index (χ1) is 8.77. The van der Waals surface area contributed by atoms with Crippen LogP contribution < -0.4 is 11.1 Å². The molecule has 18 heavy (non-hydrogen) atoms. The number of nitrogens with one attached hydrogen (secondary N) is 1. The van der Waals surface area contributed by atoms with Gasteiger partial charge >= 0.3 is 0 Å². The number of nitrogens with zero attached hydrogens (tertiary/aromatic N) is 3. The number of hydrogen-bond donors (Lipinski definition) is 2. The smallest absolute Gasteiger partial charge is 0.224 e. The largest absolute Gasteiger partial charge is 0.355 e. The van der Waals surface area contributed by atoms with Gasteiger partial charge in [0.2, 0.25) is 5.95 Å². The van der Waals surface area contributed by atoms with Gasteiger partial charge in [0.25, 0.3) is 0 Å². The van der Waals surface area contributed by atoms with E-state index in [0.717, 1.165) is 30.4 Å². The third-order valence-electron chi connectivity index (χ3n) is 2.87. The number of hydrogen-bond acceptors (Lipinski definition) is 4. The molecule has 1 atom stereocenters. The summed E-state index contributed by atoms with van der Waals surface area (Å²) in [6.45, 7) is 5.71. The second-order valence-corrected chi connectivity index (χ2v) is 4.04. The Bertz CT molecular complexity index is 491. The van der Waals surface area contributed by atoms with Crippen LogP contribution in [0.3, 0.4) is 0 Å². The fraction of sp³-hybridized carbons (Fsp3) is 0.385. The summed E-state index contributed by atoms with van der Waals surface area (Å²) in [5.74, 6) is 1.57. The Morgan fingerprint density at radius 2 is 1.94 bits per heavy atom. The lowest BCUT2D eigenvalue weighted by Gasteiger charge is -2.13. The molecule has 96 valence electrons. The molecule has 0 unspecified atom stereocenters. The minimum Gasteiger partial charge on any atom is -0.355 e. The van der Waals surface area contributed by atoms with Crippen molar-refractivity contribution in [2.75, 3.05) is 11.9 Å². The highest BCUT2D eigenvalue weighted by molar-refractivity contribution is 5.30. The molecule has 1 heterocycles. The SMILES string of the molecule is CCNc1nnc([C@H](N)c2ccccc2)n1CC. The molecular weight excluding hydrogens is 226 g/mol. The summed E-state index contributed by atoms with van der Waals surface area (Å²) in [6.07, 6.45) is 0. The third kappa shape index (κ3) is 2.36. The molecule has 0 aliphatic heterocycles. The van der Waals surface area contributed by atoms with E-state index in [1.54, 1.807) is 0 Å². The van der Waals surface area contributed by atoms with E-state index in [2.05, 4.69) is 22.4 Å². The average Bonchev–Trinajstić information content (AvgIpc) is 2.82. The van der Waals surface area contributed by atoms with Crippen molar-refractivity contribution < 1.29 is 0 Å². The maximum atomic E-state index is 6.25. The normalized spacial score (nSPS) is 12.4. The van der Waals surface area contributed by atoms with Gasteiger partial charge in [0.05, 0.1) is 6.04 Å². The highest BCUT2D eigenvalue weighted by Gasteiger charge is 2.18. The first-order valence-electron chi connectivity index (χ1n) is 6.25. The Balaban J connectivity index is 2.33. The Labute approximate surface area is 107 Å². The van der Waals surface area contributed by atoms with E-state index in [0.29, 0.717) is 0 Å². The molecule has 0 amide bonds. The van der Waals surface area contributed by atoms with E-state index < -0.39 is 0 Å². The van der Waals surface area contributed by atoms with Crippen molar-refractivity contribution in [1.29, 1.82) is 0 Å². The molecule has 0 aliphatic carbocycles. The van der Waals surface area contributed by atoms with Crippen LogP contribution in [0.1, 0.15) is 31.3 Å². The molecule has 2 aromatic rings. The van der Waals surface area contributed by atoms with Crippen molar-refractivity contribution in [3.05, 3.63) is 41.7 Å². The zero-order valence-corrected chi connectivity index (χ0v) is 10.8. The summed E-state index contributed by atoms with van der Waals surface area (Å²) in [7, 11) is 0. The van der Waals surface area contributed by atoms with E-state index in [9.17, 15) is 0 Å². The molecule has 0 spiro atoms.